The zero-order valence-electron chi connectivity index (χ0n) is 16.6. The Balaban J connectivity index is 1.22. The molecule has 154 valence electrons. The van der Waals surface area contributed by atoms with Gasteiger partial charge >= 0.3 is 0 Å². The lowest BCUT2D eigenvalue weighted by Crippen LogP contribution is -2.49. The molecule has 0 amide bonds. The second-order valence-electron chi connectivity index (χ2n) is 7.78. The highest BCUT2D eigenvalue weighted by molar-refractivity contribution is 6.30. The third-order valence-corrected chi connectivity index (χ3v) is 5.81. The predicted octanol–water partition coefficient (Wildman–Crippen LogP) is 3.77. The molecule has 2 N–H and O–H groups in total. The average Bonchev–Trinajstić information content (AvgIpc) is 2.73. The van der Waals surface area contributed by atoms with Gasteiger partial charge in [0.25, 0.3) is 0 Å². The van der Waals surface area contributed by atoms with E-state index in [1.54, 1.807) is 0 Å². The Morgan fingerprint density at radius 2 is 1.83 bits per heavy atom. The highest BCUT2D eigenvalue weighted by atomic mass is 35.5. The lowest BCUT2D eigenvalue weighted by Gasteiger charge is -2.36. The molecular weight excluding hydrogens is 386 g/mol. The number of aliphatic hydroxyl groups excluding tert-OH is 1. The Morgan fingerprint density at radius 1 is 1.07 bits per heavy atom. The summed E-state index contributed by atoms with van der Waals surface area (Å²) in [5, 5.41) is 14.5. The van der Waals surface area contributed by atoms with Gasteiger partial charge in [-0.3, -0.25) is 4.90 Å². The molecule has 0 unspecified atom stereocenters. The minimum Gasteiger partial charge on any atom is -0.491 e. The normalized spacial score (nSPS) is 18.1. The van der Waals surface area contributed by atoms with E-state index >= 15 is 0 Å². The number of hydrogen-bond acceptors (Lipinski definition) is 5. The number of nitrogens with zero attached hydrogens (tertiary/aromatic N) is 2. The molecule has 2 aliphatic heterocycles. The maximum Gasteiger partial charge on any atom is 0.119 e. The van der Waals surface area contributed by atoms with Crippen molar-refractivity contribution in [3.63, 3.8) is 0 Å². The van der Waals surface area contributed by atoms with E-state index in [-0.39, 0.29) is 0 Å². The Labute approximate surface area is 177 Å². The third-order valence-electron chi connectivity index (χ3n) is 5.56. The van der Waals surface area contributed by atoms with Crippen LogP contribution in [0, 0.1) is 0 Å². The first-order valence-corrected chi connectivity index (χ1v) is 10.6. The molecular formula is C23H28ClN3O2. The van der Waals surface area contributed by atoms with Crippen LogP contribution in [0.25, 0.3) is 0 Å². The molecule has 0 saturated carbocycles. The summed E-state index contributed by atoms with van der Waals surface area (Å²) in [7, 11) is 0. The first-order chi connectivity index (χ1) is 14.1. The van der Waals surface area contributed by atoms with E-state index in [2.05, 4.69) is 39.9 Å². The van der Waals surface area contributed by atoms with Gasteiger partial charge in [0.2, 0.25) is 0 Å². The number of aliphatic hydroxyl groups is 1. The van der Waals surface area contributed by atoms with Gasteiger partial charge in [0.15, 0.2) is 0 Å². The molecule has 0 bridgehead atoms. The van der Waals surface area contributed by atoms with Crippen LogP contribution in [0.4, 0.5) is 11.4 Å². The highest BCUT2D eigenvalue weighted by Gasteiger charge is 2.20. The van der Waals surface area contributed by atoms with Gasteiger partial charge in [0.05, 0.1) is 0 Å². The number of aryl methyl sites for hydroxylation is 1. The number of fused-ring (bicyclic) bond motifs is 1. The molecule has 0 aromatic heterocycles. The molecule has 2 aromatic rings. The van der Waals surface area contributed by atoms with Gasteiger partial charge < -0.3 is 20.1 Å². The fourth-order valence-corrected chi connectivity index (χ4v) is 4.04. The number of nitrogens with one attached hydrogen (secondary N) is 1. The number of allylic oxidation sites excluding steroid dienone is 1. The fraction of sp³-hybridized carbons (Fsp3) is 0.391. The molecule has 1 fully saturated rings. The van der Waals surface area contributed by atoms with Crippen molar-refractivity contribution in [3.05, 3.63) is 65.3 Å². The van der Waals surface area contributed by atoms with Crippen LogP contribution < -0.4 is 15.0 Å². The second-order valence-corrected chi connectivity index (χ2v) is 8.21. The van der Waals surface area contributed by atoms with E-state index in [0.29, 0.717) is 13.2 Å². The van der Waals surface area contributed by atoms with Crippen LogP contribution in [0.5, 0.6) is 5.75 Å². The van der Waals surface area contributed by atoms with Crippen molar-refractivity contribution in [2.24, 2.45) is 0 Å². The number of anilines is 2. The van der Waals surface area contributed by atoms with Crippen molar-refractivity contribution in [2.75, 3.05) is 49.5 Å². The van der Waals surface area contributed by atoms with Crippen LogP contribution in [0.1, 0.15) is 12.0 Å². The van der Waals surface area contributed by atoms with Crippen molar-refractivity contribution >= 4 is 23.0 Å². The van der Waals surface area contributed by atoms with Crippen molar-refractivity contribution in [1.29, 1.82) is 0 Å². The number of ether oxygens (including phenoxy) is 1. The van der Waals surface area contributed by atoms with Crippen LogP contribution in [-0.2, 0) is 6.42 Å². The summed E-state index contributed by atoms with van der Waals surface area (Å²) in [4.78, 5) is 4.65. The molecule has 5 nitrogen and oxygen atoms in total. The number of β-amino-alcohol motifs (C(OH)–C–C–N with tert-alkyl or cyclic N) is 1. The van der Waals surface area contributed by atoms with E-state index in [9.17, 15) is 5.11 Å². The fourth-order valence-electron chi connectivity index (χ4n) is 3.91. The van der Waals surface area contributed by atoms with Crippen LogP contribution in [-0.4, -0.2) is 55.4 Å². The molecule has 1 atom stereocenters. The van der Waals surface area contributed by atoms with E-state index in [1.807, 2.05) is 24.3 Å². The molecule has 1 saturated heterocycles. The quantitative estimate of drug-likeness (QED) is 0.754. The molecule has 0 radical (unpaired) electrons. The standard InChI is InChI=1S/C23H28ClN3O2/c1-17-2-3-18-14-22(8-9-23(18)25-17)29-16-21(28)15-26-10-12-27(13-11-26)20-6-4-19(24)5-7-20/h4-9,14,21,25,28H,1-3,10-13,15-16H2/t21-/m0/s1. The number of hydrogen-bond donors (Lipinski definition) is 2. The minimum atomic E-state index is -0.508. The van der Waals surface area contributed by atoms with Gasteiger partial charge in [-0.2, -0.15) is 0 Å². The van der Waals surface area contributed by atoms with Crippen LogP contribution in [0.15, 0.2) is 54.7 Å². The topological polar surface area (TPSA) is 48.0 Å². The predicted molar refractivity (Wildman–Crippen MR) is 119 cm³/mol. The molecule has 29 heavy (non-hydrogen) atoms. The number of halogens is 1. The van der Waals surface area contributed by atoms with Crippen molar-refractivity contribution < 1.29 is 9.84 Å². The maximum atomic E-state index is 10.4. The smallest absolute Gasteiger partial charge is 0.119 e. The largest absolute Gasteiger partial charge is 0.491 e. The highest BCUT2D eigenvalue weighted by Crippen LogP contribution is 2.29. The van der Waals surface area contributed by atoms with E-state index in [0.717, 1.165) is 61.2 Å². The summed E-state index contributed by atoms with van der Waals surface area (Å²) in [5.74, 6) is 0.810. The SMILES string of the molecule is C=C1CCc2cc(OC[C@@H](O)CN3CCN(c4ccc(Cl)cc4)CC3)ccc2N1. The Bertz CT molecular complexity index is 848. The molecule has 0 aliphatic carbocycles. The average molecular weight is 414 g/mol. The molecule has 0 spiro atoms. The second kappa shape index (κ2) is 9.08. The van der Waals surface area contributed by atoms with E-state index in [4.69, 9.17) is 16.3 Å². The summed E-state index contributed by atoms with van der Waals surface area (Å²) < 4.78 is 5.85. The zero-order valence-corrected chi connectivity index (χ0v) is 17.4. The Hall–Kier alpha value is -2.21. The number of piperazine rings is 1. The third kappa shape index (κ3) is 5.24. The Kier molecular flexibility index (Phi) is 6.28. The zero-order chi connectivity index (χ0) is 20.2. The summed E-state index contributed by atoms with van der Waals surface area (Å²) in [6.07, 6.45) is 1.41. The van der Waals surface area contributed by atoms with Crippen molar-refractivity contribution in [3.8, 4) is 5.75 Å². The first-order valence-electron chi connectivity index (χ1n) is 10.2. The van der Waals surface area contributed by atoms with Crippen LogP contribution >= 0.6 is 11.6 Å². The lowest BCUT2D eigenvalue weighted by molar-refractivity contribution is 0.0663. The maximum absolute atomic E-state index is 10.4. The van der Waals surface area contributed by atoms with E-state index < -0.39 is 6.10 Å². The van der Waals surface area contributed by atoms with E-state index in [1.165, 1.54) is 11.3 Å². The van der Waals surface area contributed by atoms with Gasteiger partial charge in [-0.05, 0) is 60.9 Å². The van der Waals surface area contributed by atoms with Gasteiger partial charge in [0.1, 0.15) is 18.5 Å². The van der Waals surface area contributed by atoms with Crippen LogP contribution in [0.3, 0.4) is 0 Å². The van der Waals surface area contributed by atoms with Crippen molar-refractivity contribution in [2.45, 2.75) is 18.9 Å². The number of benzene rings is 2. The van der Waals surface area contributed by atoms with Crippen molar-refractivity contribution in [1.82, 2.24) is 4.90 Å². The molecule has 4 rings (SSSR count). The minimum absolute atomic E-state index is 0.302. The van der Waals surface area contributed by atoms with Gasteiger partial charge in [-0.1, -0.05) is 18.2 Å². The molecule has 2 aromatic carbocycles. The summed E-state index contributed by atoms with van der Waals surface area (Å²) in [6, 6.07) is 14.0. The van der Waals surface area contributed by atoms with Gasteiger partial charge in [0, 0.05) is 54.8 Å². The lowest BCUT2D eigenvalue weighted by atomic mass is 10.0. The summed E-state index contributed by atoms with van der Waals surface area (Å²) >= 11 is 5.97. The number of rotatable bonds is 6. The molecule has 2 aliphatic rings. The summed E-state index contributed by atoms with van der Waals surface area (Å²) in [5.41, 5.74) is 4.59. The summed E-state index contributed by atoms with van der Waals surface area (Å²) in [6.45, 7) is 8.65. The Morgan fingerprint density at radius 3 is 2.59 bits per heavy atom. The van der Waals surface area contributed by atoms with Crippen LogP contribution in [0.2, 0.25) is 5.02 Å². The molecule has 6 heteroatoms. The monoisotopic (exact) mass is 413 g/mol. The first kappa shape index (κ1) is 20.1. The van der Waals surface area contributed by atoms with Gasteiger partial charge in [-0.15, -0.1) is 0 Å². The van der Waals surface area contributed by atoms with Gasteiger partial charge in [-0.25, -0.2) is 0 Å². The molecule has 2 heterocycles.